The molecule has 11 rings (SSSR count). The Labute approximate surface area is 318 Å². The van der Waals surface area contributed by atoms with Crippen molar-refractivity contribution in [1.82, 2.24) is 24.1 Å². The standard InChI is InChI=1S/C50H35N5/c1-50(2)40-22-9-6-21-39(40)47-45(50)46(34-15-14-18-36(31-34)54-42-24-11-7-19-37(42)38-20-8-12-25-43(38)54)52-48(53-47)32-27-29-33(30-28-32)49-51-41-23-10-13-26-44(41)55(49)35-16-4-3-5-17-35/h3-31H,1-2H3. The van der Waals surface area contributed by atoms with Crippen LogP contribution in [0.25, 0.3) is 89.5 Å². The zero-order valence-corrected chi connectivity index (χ0v) is 30.5. The molecule has 0 N–H and O–H groups in total. The summed E-state index contributed by atoms with van der Waals surface area (Å²) in [4.78, 5) is 15.9. The largest absolute Gasteiger partial charge is 0.309 e. The van der Waals surface area contributed by atoms with Gasteiger partial charge in [0.2, 0.25) is 0 Å². The first kappa shape index (κ1) is 31.4. The molecule has 0 radical (unpaired) electrons. The summed E-state index contributed by atoms with van der Waals surface area (Å²) in [6.45, 7) is 4.60. The molecule has 1 aliphatic rings. The third kappa shape index (κ3) is 4.76. The van der Waals surface area contributed by atoms with Crippen molar-refractivity contribution in [3.05, 3.63) is 187 Å². The van der Waals surface area contributed by atoms with Crippen LogP contribution in [0.5, 0.6) is 0 Å². The summed E-state index contributed by atoms with van der Waals surface area (Å²) < 4.78 is 4.61. The Morgan fingerprint density at radius 2 is 1.04 bits per heavy atom. The minimum Gasteiger partial charge on any atom is -0.309 e. The van der Waals surface area contributed by atoms with Gasteiger partial charge in [0.15, 0.2) is 5.82 Å². The van der Waals surface area contributed by atoms with Crippen molar-refractivity contribution < 1.29 is 0 Å². The summed E-state index contributed by atoms with van der Waals surface area (Å²) >= 11 is 0. The van der Waals surface area contributed by atoms with Gasteiger partial charge in [-0.3, -0.25) is 4.57 Å². The Morgan fingerprint density at radius 1 is 0.436 bits per heavy atom. The monoisotopic (exact) mass is 705 g/mol. The van der Waals surface area contributed by atoms with Gasteiger partial charge in [0.1, 0.15) is 5.82 Å². The lowest BCUT2D eigenvalue weighted by Gasteiger charge is -2.24. The number of para-hydroxylation sites is 5. The molecule has 10 aromatic rings. The van der Waals surface area contributed by atoms with Crippen LogP contribution in [0.15, 0.2) is 176 Å². The fourth-order valence-corrected chi connectivity index (χ4v) is 8.77. The third-order valence-corrected chi connectivity index (χ3v) is 11.3. The smallest absolute Gasteiger partial charge is 0.160 e. The Morgan fingerprint density at radius 3 is 1.80 bits per heavy atom. The summed E-state index contributed by atoms with van der Waals surface area (Å²) in [5.41, 5.74) is 14.9. The van der Waals surface area contributed by atoms with Crippen molar-refractivity contribution in [3.63, 3.8) is 0 Å². The second-order valence-electron chi connectivity index (χ2n) is 14.9. The molecule has 3 aromatic heterocycles. The highest BCUT2D eigenvalue weighted by molar-refractivity contribution is 6.09. The van der Waals surface area contributed by atoms with Crippen LogP contribution in [-0.4, -0.2) is 24.1 Å². The third-order valence-electron chi connectivity index (χ3n) is 11.3. The molecule has 5 nitrogen and oxygen atoms in total. The van der Waals surface area contributed by atoms with Crippen molar-refractivity contribution >= 4 is 32.8 Å². The molecule has 0 unspecified atom stereocenters. The Bertz CT molecular complexity index is 3060. The van der Waals surface area contributed by atoms with Crippen LogP contribution < -0.4 is 0 Å². The Kier molecular flexibility index (Phi) is 6.83. The van der Waals surface area contributed by atoms with E-state index in [-0.39, 0.29) is 5.41 Å². The van der Waals surface area contributed by atoms with Crippen LogP contribution in [0.4, 0.5) is 0 Å². The van der Waals surface area contributed by atoms with E-state index in [0.29, 0.717) is 5.82 Å². The second kappa shape index (κ2) is 12.0. The van der Waals surface area contributed by atoms with Gasteiger partial charge in [-0.15, -0.1) is 0 Å². The molecule has 0 atom stereocenters. The molecule has 0 spiro atoms. The van der Waals surface area contributed by atoms with Crippen LogP contribution >= 0.6 is 0 Å². The average molecular weight is 706 g/mol. The molecule has 0 saturated heterocycles. The summed E-state index contributed by atoms with van der Waals surface area (Å²) in [5.74, 6) is 1.60. The van der Waals surface area contributed by atoms with Crippen LogP contribution in [0, 0.1) is 0 Å². The maximum absolute atomic E-state index is 5.47. The lowest BCUT2D eigenvalue weighted by molar-refractivity contribution is 0.658. The van der Waals surface area contributed by atoms with Crippen LogP contribution in [0.2, 0.25) is 0 Å². The Balaban J connectivity index is 1.09. The van der Waals surface area contributed by atoms with Crippen molar-refractivity contribution in [1.29, 1.82) is 0 Å². The first-order chi connectivity index (χ1) is 27.0. The molecule has 55 heavy (non-hydrogen) atoms. The lowest BCUT2D eigenvalue weighted by Crippen LogP contribution is -2.17. The van der Waals surface area contributed by atoms with Gasteiger partial charge in [-0.05, 0) is 54.1 Å². The topological polar surface area (TPSA) is 48.5 Å². The molecular weight excluding hydrogens is 671 g/mol. The number of rotatable bonds is 5. The number of hydrogen-bond acceptors (Lipinski definition) is 3. The predicted octanol–water partition coefficient (Wildman–Crippen LogP) is 12.2. The van der Waals surface area contributed by atoms with E-state index in [2.05, 4.69) is 187 Å². The van der Waals surface area contributed by atoms with Gasteiger partial charge in [-0.2, -0.15) is 0 Å². The molecule has 260 valence electrons. The number of imidazole rings is 1. The van der Waals surface area contributed by atoms with E-state index in [0.717, 1.165) is 61.9 Å². The van der Waals surface area contributed by atoms with Crippen LogP contribution in [-0.2, 0) is 5.41 Å². The molecule has 3 heterocycles. The summed E-state index contributed by atoms with van der Waals surface area (Å²) in [5, 5.41) is 2.49. The van der Waals surface area contributed by atoms with Gasteiger partial charge in [-0.25, -0.2) is 15.0 Å². The molecular formula is C50H35N5. The van der Waals surface area contributed by atoms with E-state index in [1.807, 2.05) is 12.1 Å². The zero-order valence-electron chi connectivity index (χ0n) is 30.5. The van der Waals surface area contributed by atoms with E-state index in [4.69, 9.17) is 15.0 Å². The normalized spacial score (nSPS) is 13.1. The molecule has 7 aromatic carbocycles. The van der Waals surface area contributed by atoms with E-state index in [9.17, 15) is 0 Å². The maximum Gasteiger partial charge on any atom is 0.160 e. The summed E-state index contributed by atoms with van der Waals surface area (Å²) in [7, 11) is 0. The summed E-state index contributed by atoms with van der Waals surface area (Å²) in [6, 6.07) is 62.1. The molecule has 0 fully saturated rings. The predicted molar refractivity (Wildman–Crippen MR) is 225 cm³/mol. The molecule has 0 amide bonds. The number of hydrogen-bond donors (Lipinski definition) is 0. The molecule has 5 heteroatoms. The van der Waals surface area contributed by atoms with Gasteiger partial charge < -0.3 is 4.57 Å². The number of fused-ring (bicyclic) bond motifs is 7. The van der Waals surface area contributed by atoms with Gasteiger partial charge in [0, 0.05) is 55.4 Å². The molecule has 0 bridgehead atoms. The number of aromatic nitrogens is 5. The highest BCUT2D eigenvalue weighted by Crippen LogP contribution is 2.51. The van der Waals surface area contributed by atoms with E-state index >= 15 is 0 Å². The number of nitrogens with zero attached hydrogens (tertiary/aromatic N) is 5. The van der Waals surface area contributed by atoms with Gasteiger partial charge >= 0.3 is 0 Å². The highest BCUT2D eigenvalue weighted by atomic mass is 15.1. The molecule has 1 aliphatic carbocycles. The fraction of sp³-hybridized carbons (Fsp3) is 0.0600. The molecule has 0 aliphatic heterocycles. The van der Waals surface area contributed by atoms with Gasteiger partial charge in [0.25, 0.3) is 0 Å². The van der Waals surface area contributed by atoms with E-state index < -0.39 is 0 Å². The van der Waals surface area contributed by atoms with Crippen molar-refractivity contribution in [2.45, 2.75) is 19.3 Å². The average Bonchev–Trinajstić information content (AvgIpc) is 3.87. The Hall–Kier alpha value is -7.11. The van der Waals surface area contributed by atoms with E-state index in [1.54, 1.807) is 0 Å². The van der Waals surface area contributed by atoms with Gasteiger partial charge in [0.05, 0.1) is 33.5 Å². The van der Waals surface area contributed by atoms with Crippen LogP contribution in [0.3, 0.4) is 0 Å². The lowest BCUT2D eigenvalue weighted by atomic mass is 9.81. The number of benzene rings is 7. The van der Waals surface area contributed by atoms with Crippen molar-refractivity contribution in [3.8, 4) is 56.7 Å². The summed E-state index contributed by atoms with van der Waals surface area (Å²) in [6.07, 6.45) is 0. The second-order valence-corrected chi connectivity index (χ2v) is 14.9. The maximum atomic E-state index is 5.47. The zero-order chi connectivity index (χ0) is 36.7. The van der Waals surface area contributed by atoms with Crippen molar-refractivity contribution in [2.75, 3.05) is 0 Å². The highest BCUT2D eigenvalue weighted by Gasteiger charge is 2.40. The van der Waals surface area contributed by atoms with Crippen LogP contribution in [0.1, 0.15) is 25.0 Å². The minimum atomic E-state index is -0.289. The van der Waals surface area contributed by atoms with Crippen molar-refractivity contribution in [2.24, 2.45) is 0 Å². The minimum absolute atomic E-state index is 0.289. The quantitative estimate of drug-likeness (QED) is 0.179. The SMILES string of the molecule is CC1(C)c2ccccc2-c2nc(-c3ccc(-c4nc5ccccc5n4-c4ccccc4)cc3)nc(-c3cccc(-n4c5ccccc5c5ccccc54)c3)c21. The van der Waals surface area contributed by atoms with E-state index in [1.165, 1.54) is 32.9 Å². The first-order valence-electron chi connectivity index (χ1n) is 18.8. The fourth-order valence-electron chi connectivity index (χ4n) is 8.77. The van der Waals surface area contributed by atoms with Gasteiger partial charge in [-0.1, -0.05) is 141 Å². The first-order valence-corrected chi connectivity index (χ1v) is 18.8. The molecule has 0 saturated carbocycles.